The second-order valence-electron chi connectivity index (χ2n) is 7.46. The van der Waals surface area contributed by atoms with Crippen molar-refractivity contribution in [1.82, 2.24) is 20.4 Å². The van der Waals surface area contributed by atoms with Crippen molar-refractivity contribution >= 4 is 11.8 Å². The van der Waals surface area contributed by atoms with E-state index in [1.165, 1.54) is 0 Å². The highest BCUT2D eigenvalue weighted by Gasteiger charge is 2.34. The van der Waals surface area contributed by atoms with E-state index < -0.39 is 11.5 Å². The van der Waals surface area contributed by atoms with Crippen LogP contribution in [0.3, 0.4) is 0 Å². The van der Waals surface area contributed by atoms with Gasteiger partial charge in [0.2, 0.25) is 11.8 Å². The third-order valence-corrected chi connectivity index (χ3v) is 4.54. The van der Waals surface area contributed by atoms with E-state index in [2.05, 4.69) is 15.5 Å². The molecule has 2 saturated heterocycles. The lowest BCUT2D eigenvalue weighted by Crippen LogP contribution is -2.51. The molecule has 0 aromatic heterocycles. The van der Waals surface area contributed by atoms with Gasteiger partial charge >= 0.3 is 0 Å². The molecule has 22 heavy (non-hydrogen) atoms. The van der Waals surface area contributed by atoms with Gasteiger partial charge in [0.05, 0.1) is 0 Å². The van der Waals surface area contributed by atoms with Gasteiger partial charge in [-0.2, -0.15) is 0 Å². The van der Waals surface area contributed by atoms with Crippen LogP contribution in [0.5, 0.6) is 0 Å². The molecule has 6 nitrogen and oxygen atoms in total. The predicted octanol–water partition coefficient (Wildman–Crippen LogP) is 0.0433. The number of nitrogens with zero attached hydrogens (tertiary/aromatic N) is 2. The van der Waals surface area contributed by atoms with Gasteiger partial charge in [-0.25, -0.2) is 0 Å². The van der Waals surface area contributed by atoms with Gasteiger partial charge in [0.1, 0.15) is 6.04 Å². The number of hydrogen-bond acceptors (Lipinski definition) is 4. The van der Waals surface area contributed by atoms with Crippen LogP contribution < -0.4 is 10.6 Å². The van der Waals surface area contributed by atoms with Crippen LogP contribution in [-0.4, -0.2) is 73.0 Å². The molecule has 0 aromatic carbocycles. The fourth-order valence-electron chi connectivity index (χ4n) is 3.04. The minimum absolute atomic E-state index is 0.0373. The van der Waals surface area contributed by atoms with Crippen molar-refractivity contribution < 1.29 is 9.59 Å². The monoisotopic (exact) mass is 310 g/mol. The second-order valence-corrected chi connectivity index (χ2v) is 7.46. The third-order valence-electron chi connectivity index (χ3n) is 4.54. The van der Waals surface area contributed by atoms with E-state index >= 15 is 0 Å². The van der Waals surface area contributed by atoms with E-state index in [-0.39, 0.29) is 11.8 Å². The number of piperazine rings is 1. The standard InChI is InChI=1S/C16H30N4O2/c1-12(18-15(22)16(2,3)4)14(21)20-8-5-13(11-20)19-9-6-17-7-10-19/h12-13,17H,5-11H2,1-4H3,(H,18,22). The highest BCUT2D eigenvalue weighted by molar-refractivity contribution is 5.89. The highest BCUT2D eigenvalue weighted by Crippen LogP contribution is 2.18. The van der Waals surface area contributed by atoms with E-state index in [0.717, 1.165) is 45.7 Å². The van der Waals surface area contributed by atoms with Gasteiger partial charge in [0.15, 0.2) is 0 Å². The Labute approximate surface area is 133 Å². The number of amides is 2. The predicted molar refractivity (Wildman–Crippen MR) is 86.5 cm³/mol. The summed E-state index contributed by atoms with van der Waals surface area (Å²) in [5.41, 5.74) is -0.469. The molecule has 0 saturated carbocycles. The summed E-state index contributed by atoms with van der Waals surface area (Å²) in [6.07, 6.45) is 1.03. The quantitative estimate of drug-likeness (QED) is 0.773. The van der Waals surface area contributed by atoms with Gasteiger partial charge in [0, 0.05) is 50.7 Å². The van der Waals surface area contributed by atoms with Crippen molar-refractivity contribution in [1.29, 1.82) is 0 Å². The van der Waals surface area contributed by atoms with Crippen LogP contribution in [-0.2, 0) is 9.59 Å². The van der Waals surface area contributed by atoms with Crippen molar-refractivity contribution in [2.75, 3.05) is 39.3 Å². The van der Waals surface area contributed by atoms with Gasteiger partial charge < -0.3 is 15.5 Å². The largest absolute Gasteiger partial charge is 0.344 e. The summed E-state index contributed by atoms with van der Waals surface area (Å²) < 4.78 is 0. The lowest BCUT2D eigenvalue weighted by atomic mass is 9.95. The van der Waals surface area contributed by atoms with E-state index in [1.54, 1.807) is 6.92 Å². The fourth-order valence-corrected chi connectivity index (χ4v) is 3.04. The number of hydrogen-bond donors (Lipinski definition) is 2. The molecule has 0 radical (unpaired) electrons. The zero-order valence-electron chi connectivity index (χ0n) is 14.3. The molecule has 0 aromatic rings. The molecule has 2 atom stereocenters. The normalized spacial score (nSPS) is 25.1. The average molecular weight is 310 g/mol. The van der Waals surface area contributed by atoms with Gasteiger partial charge in [-0.3, -0.25) is 14.5 Å². The van der Waals surface area contributed by atoms with E-state index in [1.807, 2.05) is 25.7 Å². The van der Waals surface area contributed by atoms with Gasteiger partial charge in [-0.15, -0.1) is 0 Å². The summed E-state index contributed by atoms with van der Waals surface area (Å²) in [6.45, 7) is 13.1. The molecule has 2 N–H and O–H groups in total. The van der Waals surface area contributed by atoms with Gasteiger partial charge in [-0.1, -0.05) is 20.8 Å². The van der Waals surface area contributed by atoms with Crippen molar-refractivity contribution in [2.24, 2.45) is 5.41 Å². The van der Waals surface area contributed by atoms with E-state index in [0.29, 0.717) is 6.04 Å². The highest BCUT2D eigenvalue weighted by atomic mass is 16.2. The second kappa shape index (κ2) is 6.96. The van der Waals surface area contributed by atoms with Crippen LogP contribution in [0, 0.1) is 5.41 Å². The van der Waals surface area contributed by atoms with E-state index in [9.17, 15) is 9.59 Å². The molecule has 2 aliphatic heterocycles. The average Bonchev–Trinajstić information content (AvgIpc) is 2.96. The maximum Gasteiger partial charge on any atom is 0.244 e. The first-order chi connectivity index (χ1) is 10.3. The Hall–Kier alpha value is -1.14. The maximum absolute atomic E-state index is 12.5. The summed E-state index contributed by atoms with van der Waals surface area (Å²) in [6, 6.07) is 0.0186. The summed E-state index contributed by atoms with van der Waals surface area (Å²) in [5, 5.41) is 6.19. The van der Waals surface area contributed by atoms with E-state index in [4.69, 9.17) is 0 Å². The molecular formula is C16H30N4O2. The van der Waals surface area contributed by atoms with Gasteiger partial charge in [0.25, 0.3) is 0 Å². The molecule has 126 valence electrons. The lowest BCUT2D eigenvalue weighted by molar-refractivity contribution is -0.137. The zero-order chi connectivity index (χ0) is 16.3. The molecule has 2 amide bonds. The van der Waals surface area contributed by atoms with Crippen LogP contribution >= 0.6 is 0 Å². The molecule has 2 unspecified atom stereocenters. The van der Waals surface area contributed by atoms with Crippen LogP contribution in [0.4, 0.5) is 0 Å². The smallest absolute Gasteiger partial charge is 0.244 e. The van der Waals surface area contributed by atoms with Crippen molar-refractivity contribution in [3.05, 3.63) is 0 Å². The molecule has 0 spiro atoms. The number of likely N-dealkylation sites (tertiary alicyclic amines) is 1. The molecule has 2 aliphatic rings. The summed E-state index contributed by atoms with van der Waals surface area (Å²) in [4.78, 5) is 28.9. The zero-order valence-corrected chi connectivity index (χ0v) is 14.3. The molecule has 0 aliphatic carbocycles. The third kappa shape index (κ3) is 4.20. The maximum atomic E-state index is 12.5. The first-order valence-electron chi connectivity index (χ1n) is 8.33. The first kappa shape index (κ1) is 17.2. The number of carbonyl (C=O) groups excluding carboxylic acids is 2. The van der Waals surface area contributed by atoms with Crippen LogP contribution in [0.1, 0.15) is 34.1 Å². The summed E-state index contributed by atoms with van der Waals surface area (Å²) in [5.74, 6) is -0.0403. The number of nitrogens with one attached hydrogen (secondary N) is 2. The Morgan fingerprint density at radius 1 is 1.18 bits per heavy atom. The van der Waals surface area contributed by atoms with Crippen LogP contribution in [0.2, 0.25) is 0 Å². The Bertz CT molecular complexity index is 413. The summed E-state index contributed by atoms with van der Waals surface area (Å²) >= 11 is 0. The summed E-state index contributed by atoms with van der Waals surface area (Å²) in [7, 11) is 0. The van der Waals surface area contributed by atoms with Crippen molar-refractivity contribution in [3.63, 3.8) is 0 Å². The number of carbonyl (C=O) groups is 2. The Balaban J connectivity index is 1.84. The molecule has 2 heterocycles. The lowest BCUT2D eigenvalue weighted by Gasteiger charge is -2.32. The minimum atomic E-state index is -0.469. The molecule has 0 bridgehead atoms. The first-order valence-corrected chi connectivity index (χ1v) is 8.33. The van der Waals surface area contributed by atoms with Crippen LogP contribution in [0.25, 0.3) is 0 Å². The van der Waals surface area contributed by atoms with Crippen LogP contribution in [0.15, 0.2) is 0 Å². The minimum Gasteiger partial charge on any atom is -0.344 e. The Morgan fingerprint density at radius 2 is 1.82 bits per heavy atom. The fraction of sp³-hybridized carbons (Fsp3) is 0.875. The SMILES string of the molecule is CC(NC(=O)C(C)(C)C)C(=O)N1CCC(N2CCNCC2)C1. The number of rotatable bonds is 3. The van der Waals surface area contributed by atoms with Gasteiger partial charge in [-0.05, 0) is 13.3 Å². The Kier molecular flexibility index (Phi) is 5.45. The van der Waals surface area contributed by atoms with Crippen molar-refractivity contribution in [3.8, 4) is 0 Å². The molecule has 2 rings (SSSR count). The topological polar surface area (TPSA) is 64.7 Å². The molecule has 2 fully saturated rings. The molecule has 6 heteroatoms. The van der Waals surface area contributed by atoms with Crippen molar-refractivity contribution in [2.45, 2.75) is 46.2 Å². The Morgan fingerprint density at radius 3 is 2.41 bits per heavy atom. The molecular weight excluding hydrogens is 280 g/mol.